The molecule has 0 spiro atoms. The van der Waals surface area contributed by atoms with E-state index in [1.165, 1.54) is 11.3 Å². The van der Waals surface area contributed by atoms with Crippen molar-refractivity contribution in [1.82, 2.24) is 4.57 Å². The lowest BCUT2D eigenvalue weighted by Crippen LogP contribution is -2.40. The van der Waals surface area contributed by atoms with E-state index in [0.717, 1.165) is 11.1 Å². The van der Waals surface area contributed by atoms with Gasteiger partial charge in [0.05, 0.1) is 36.1 Å². The Hall–Kier alpha value is -3.65. The minimum atomic E-state index is -0.776. The highest BCUT2D eigenvalue weighted by atomic mass is 32.1. The Bertz CT molecular complexity index is 1460. The van der Waals surface area contributed by atoms with E-state index >= 15 is 0 Å². The van der Waals surface area contributed by atoms with Crippen LogP contribution in [-0.2, 0) is 9.53 Å². The summed E-state index contributed by atoms with van der Waals surface area (Å²) in [5, 5.41) is 0. The second-order valence-corrected chi connectivity index (χ2v) is 9.03. The van der Waals surface area contributed by atoms with E-state index in [9.17, 15) is 9.59 Å². The standard InChI is InChI=1S/C27H28N2O5S/c1-6-33-24-19(9-8-10-20(24)32-5)23-22(26(31)34-7-2)17(4)28-27-29(23)25(30)21(35-27)15-18-13-11-16(3)12-14-18/h8-15,23H,6-7H2,1-5H3/t23-/m0/s1. The number of esters is 1. The zero-order chi connectivity index (χ0) is 25.1. The number of benzene rings is 2. The van der Waals surface area contributed by atoms with Gasteiger partial charge in [0.15, 0.2) is 16.3 Å². The molecule has 182 valence electrons. The molecule has 0 radical (unpaired) electrons. The summed E-state index contributed by atoms with van der Waals surface area (Å²) in [5.74, 6) is 0.480. The molecule has 0 fully saturated rings. The number of thiazole rings is 1. The van der Waals surface area contributed by atoms with Crippen molar-refractivity contribution >= 4 is 23.4 Å². The van der Waals surface area contributed by atoms with E-state index in [2.05, 4.69) is 4.99 Å². The first-order valence-electron chi connectivity index (χ1n) is 11.5. The smallest absolute Gasteiger partial charge is 0.338 e. The number of carbonyl (C=O) groups is 1. The van der Waals surface area contributed by atoms with E-state index in [0.29, 0.717) is 44.3 Å². The number of hydrogen-bond acceptors (Lipinski definition) is 7. The first-order chi connectivity index (χ1) is 16.9. The fourth-order valence-corrected chi connectivity index (χ4v) is 5.15. The highest BCUT2D eigenvalue weighted by Crippen LogP contribution is 2.40. The van der Waals surface area contributed by atoms with E-state index in [-0.39, 0.29) is 12.2 Å². The van der Waals surface area contributed by atoms with Gasteiger partial charge in [-0.2, -0.15) is 0 Å². The third-order valence-corrected chi connectivity index (χ3v) is 6.69. The van der Waals surface area contributed by atoms with Crippen LogP contribution in [0.5, 0.6) is 11.5 Å². The Kier molecular flexibility index (Phi) is 7.21. The largest absolute Gasteiger partial charge is 0.493 e. The Balaban J connectivity index is 2.01. The quantitative estimate of drug-likeness (QED) is 0.472. The van der Waals surface area contributed by atoms with Gasteiger partial charge in [0, 0.05) is 5.56 Å². The van der Waals surface area contributed by atoms with Crippen LogP contribution in [0.4, 0.5) is 0 Å². The van der Waals surface area contributed by atoms with Gasteiger partial charge in [-0.3, -0.25) is 9.36 Å². The number of rotatable bonds is 7. The van der Waals surface area contributed by atoms with Gasteiger partial charge in [0.25, 0.3) is 5.56 Å². The van der Waals surface area contributed by atoms with Gasteiger partial charge >= 0.3 is 5.97 Å². The summed E-state index contributed by atoms with van der Waals surface area (Å²) < 4.78 is 19.0. The average Bonchev–Trinajstić information content (AvgIpc) is 3.14. The molecule has 0 aliphatic carbocycles. The Labute approximate surface area is 207 Å². The van der Waals surface area contributed by atoms with Crippen LogP contribution in [0.25, 0.3) is 6.08 Å². The maximum absolute atomic E-state index is 13.8. The van der Waals surface area contributed by atoms with Gasteiger partial charge in [-0.25, -0.2) is 9.79 Å². The highest BCUT2D eigenvalue weighted by Gasteiger charge is 2.35. The molecule has 8 heteroatoms. The molecule has 1 aromatic heterocycles. The number of ether oxygens (including phenoxy) is 3. The van der Waals surface area contributed by atoms with Crippen LogP contribution in [0.15, 0.2) is 63.5 Å². The number of hydrogen-bond donors (Lipinski definition) is 0. The number of fused-ring (bicyclic) bond motifs is 1. The first-order valence-corrected chi connectivity index (χ1v) is 12.3. The van der Waals surface area contributed by atoms with Gasteiger partial charge < -0.3 is 14.2 Å². The summed E-state index contributed by atoms with van der Waals surface area (Å²) in [6, 6.07) is 12.6. The molecule has 4 rings (SSSR count). The van der Waals surface area contributed by atoms with Crippen molar-refractivity contribution in [3.05, 3.63) is 90.1 Å². The van der Waals surface area contributed by atoms with Crippen molar-refractivity contribution in [3.8, 4) is 11.5 Å². The third-order valence-electron chi connectivity index (χ3n) is 5.70. The lowest BCUT2D eigenvalue weighted by Gasteiger charge is -2.26. The summed E-state index contributed by atoms with van der Waals surface area (Å²) in [5.41, 5.74) is 3.25. The second kappa shape index (κ2) is 10.3. The number of methoxy groups -OCH3 is 1. The summed E-state index contributed by atoms with van der Waals surface area (Å²) in [6.45, 7) is 7.99. The van der Waals surface area contributed by atoms with Crippen molar-refractivity contribution in [2.45, 2.75) is 33.7 Å². The van der Waals surface area contributed by atoms with Crippen LogP contribution in [0.3, 0.4) is 0 Å². The molecule has 1 atom stereocenters. The SMILES string of the molecule is CCOC(=O)C1=C(C)N=c2sc(=Cc3ccc(C)cc3)c(=O)n2[C@H]1c1cccc(OC)c1OCC. The lowest BCUT2D eigenvalue weighted by atomic mass is 9.94. The van der Waals surface area contributed by atoms with Gasteiger partial charge in [-0.15, -0.1) is 0 Å². The number of para-hydroxylation sites is 1. The van der Waals surface area contributed by atoms with Gasteiger partial charge in [-0.05, 0) is 45.4 Å². The fraction of sp³-hybridized carbons (Fsp3) is 0.296. The Morgan fingerprint density at radius 1 is 1.11 bits per heavy atom. The minimum Gasteiger partial charge on any atom is -0.493 e. The molecule has 0 saturated heterocycles. The van der Waals surface area contributed by atoms with Crippen molar-refractivity contribution in [1.29, 1.82) is 0 Å². The summed E-state index contributed by atoms with van der Waals surface area (Å²) in [6.07, 6.45) is 1.85. The summed E-state index contributed by atoms with van der Waals surface area (Å²) in [7, 11) is 1.56. The molecule has 0 bridgehead atoms. The maximum atomic E-state index is 13.8. The van der Waals surface area contributed by atoms with E-state index in [4.69, 9.17) is 14.2 Å². The normalized spacial score (nSPS) is 15.5. The van der Waals surface area contributed by atoms with Crippen LogP contribution < -0.4 is 24.4 Å². The molecule has 7 nitrogen and oxygen atoms in total. The predicted octanol–water partition coefficient (Wildman–Crippen LogP) is 3.51. The zero-order valence-corrected chi connectivity index (χ0v) is 21.3. The topological polar surface area (TPSA) is 79.1 Å². The number of carbonyl (C=O) groups excluding carboxylic acids is 1. The van der Waals surface area contributed by atoms with Crippen LogP contribution in [-0.4, -0.2) is 30.9 Å². The van der Waals surface area contributed by atoms with E-state index in [1.807, 2.05) is 56.3 Å². The lowest BCUT2D eigenvalue weighted by molar-refractivity contribution is -0.139. The molecule has 2 heterocycles. The number of aromatic nitrogens is 1. The number of nitrogens with zero attached hydrogens (tertiary/aromatic N) is 2. The maximum Gasteiger partial charge on any atom is 0.338 e. The molecule has 35 heavy (non-hydrogen) atoms. The van der Waals surface area contributed by atoms with Gasteiger partial charge in [0.2, 0.25) is 0 Å². The van der Waals surface area contributed by atoms with E-state index in [1.54, 1.807) is 31.6 Å². The average molecular weight is 493 g/mol. The first kappa shape index (κ1) is 24.5. The second-order valence-electron chi connectivity index (χ2n) is 8.02. The summed E-state index contributed by atoms with van der Waals surface area (Å²) >= 11 is 1.29. The minimum absolute atomic E-state index is 0.205. The van der Waals surface area contributed by atoms with Crippen LogP contribution in [0.2, 0.25) is 0 Å². The van der Waals surface area contributed by atoms with Crippen LogP contribution in [0.1, 0.15) is 43.5 Å². The third kappa shape index (κ3) is 4.66. The van der Waals surface area contributed by atoms with Gasteiger partial charge in [0.1, 0.15) is 6.04 Å². The van der Waals surface area contributed by atoms with Crippen LogP contribution >= 0.6 is 11.3 Å². The Morgan fingerprint density at radius 3 is 2.51 bits per heavy atom. The number of aryl methyl sites for hydroxylation is 1. The van der Waals surface area contributed by atoms with Crippen LogP contribution in [0, 0.1) is 6.92 Å². The highest BCUT2D eigenvalue weighted by molar-refractivity contribution is 7.07. The van der Waals surface area contributed by atoms with Crippen molar-refractivity contribution in [2.24, 2.45) is 4.99 Å². The van der Waals surface area contributed by atoms with Gasteiger partial charge in [-0.1, -0.05) is 53.3 Å². The van der Waals surface area contributed by atoms with Crippen molar-refractivity contribution in [2.75, 3.05) is 20.3 Å². The monoisotopic (exact) mass is 492 g/mol. The molecular formula is C27H28N2O5S. The number of allylic oxidation sites excluding steroid dienone is 1. The van der Waals surface area contributed by atoms with E-state index < -0.39 is 12.0 Å². The summed E-state index contributed by atoms with van der Waals surface area (Å²) in [4.78, 5) is 32.0. The predicted molar refractivity (Wildman–Crippen MR) is 136 cm³/mol. The molecule has 0 saturated carbocycles. The molecule has 0 amide bonds. The molecule has 0 unspecified atom stereocenters. The molecule has 3 aromatic rings. The van der Waals surface area contributed by atoms with Crippen molar-refractivity contribution < 1.29 is 19.0 Å². The molecular weight excluding hydrogens is 464 g/mol. The molecule has 1 aliphatic rings. The Morgan fingerprint density at radius 2 is 1.86 bits per heavy atom. The molecule has 0 N–H and O–H groups in total. The zero-order valence-electron chi connectivity index (χ0n) is 20.5. The van der Waals surface area contributed by atoms with Crippen molar-refractivity contribution in [3.63, 3.8) is 0 Å². The molecule has 2 aromatic carbocycles. The fourth-order valence-electron chi connectivity index (χ4n) is 4.11. The molecule has 1 aliphatic heterocycles.